The number of urea groups is 1. The van der Waals surface area contributed by atoms with Gasteiger partial charge in [0.2, 0.25) is 0 Å². The number of likely N-dealkylation sites (tertiary alicyclic amines) is 1. The van der Waals surface area contributed by atoms with Gasteiger partial charge in [-0.15, -0.1) is 0 Å². The average molecular weight is 294 g/mol. The van der Waals surface area contributed by atoms with Gasteiger partial charge in [0.25, 0.3) is 0 Å². The normalized spacial score (nSPS) is 18.4. The maximum Gasteiger partial charge on any atom is 0.320 e. The summed E-state index contributed by atoms with van der Waals surface area (Å²) in [6, 6.07) is 5.79. The number of rotatable bonds is 3. The molecule has 5 nitrogen and oxygen atoms in total. The van der Waals surface area contributed by atoms with Gasteiger partial charge < -0.3 is 14.9 Å². The molecule has 114 valence electrons. The van der Waals surface area contributed by atoms with Crippen LogP contribution in [0, 0.1) is 11.7 Å². The SMILES string of the molecule is CN(Cc1ccc(F)cc1)C(=O)N1CCC[C@@H](C(=O)O)C1. The van der Waals surface area contributed by atoms with E-state index in [1.807, 2.05) is 0 Å². The van der Waals surface area contributed by atoms with Crippen molar-refractivity contribution in [2.45, 2.75) is 19.4 Å². The summed E-state index contributed by atoms with van der Waals surface area (Å²) in [5, 5.41) is 9.05. The Bertz CT molecular complexity index is 518. The lowest BCUT2D eigenvalue weighted by atomic mass is 9.99. The van der Waals surface area contributed by atoms with Gasteiger partial charge in [-0.25, -0.2) is 9.18 Å². The predicted molar refractivity (Wildman–Crippen MR) is 75.2 cm³/mol. The maximum atomic E-state index is 12.8. The van der Waals surface area contributed by atoms with Gasteiger partial charge >= 0.3 is 12.0 Å². The topological polar surface area (TPSA) is 60.9 Å². The van der Waals surface area contributed by atoms with Crippen LogP contribution in [-0.2, 0) is 11.3 Å². The summed E-state index contributed by atoms with van der Waals surface area (Å²) >= 11 is 0. The standard InChI is InChI=1S/C15H19FN2O3/c1-17(9-11-4-6-13(16)7-5-11)15(21)18-8-2-3-12(10-18)14(19)20/h4-7,12H,2-3,8-10H2,1H3,(H,19,20)/t12-/m1/s1. The molecule has 1 aliphatic heterocycles. The molecular formula is C15H19FN2O3. The van der Waals surface area contributed by atoms with Gasteiger partial charge in [0.15, 0.2) is 0 Å². The molecule has 0 bridgehead atoms. The van der Waals surface area contributed by atoms with E-state index in [0.717, 1.165) is 5.56 Å². The molecule has 2 rings (SSSR count). The number of carbonyl (C=O) groups is 2. The highest BCUT2D eigenvalue weighted by molar-refractivity contribution is 5.76. The zero-order valence-corrected chi connectivity index (χ0v) is 12.0. The number of carboxylic acids is 1. The maximum absolute atomic E-state index is 12.8. The number of hydrogen-bond donors (Lipinski definition) is 1. The van der Waals surface area contributed by atoms with Gasteiger partial charge in [-0.1, -0.05) is 12.1 Å². The third kappa shape index (κ3) is 3.93. The molecular weight excluding hydrogens is 275 g/mol. The lowest BCUT2D eigenvalue weighted by Crippen LogP contribution is -2.47. The van der Waals surface area contributed by atoms with E-state index in [9.17, 15) is 14.0 Å². The minimum atomic E-state index is -0.853. The Kier molecular flexibility index (Phi) is 4.77. The first-order valence-corrected chi connectivity index (χ1v) is 6.94. The van der Waals surface area contributed by atoms with Crippen LogP contribution in [0.2, 0.25) is 0 Å². The molecule has 6 heteroatoms. The molecule has 1 aliphatic rings. The molecule has 0 aliphatic carbocycles. The van der Waals surface area contributed by atoms with Crippen molar-refractivity contribution < 1.29 is 19.1 Å². The zero-order valence-electron chi connectivity index (χ0n) is 12.0. The fourth-order valence-electron chi connectivity index (χ4n) is 2.53. The largest absolute Gasteiger partial charge is 0.481 e. The molecule has 0 saturated carbocycles. The molecule has 1 aromatic rings. The molecule has 1 saturated heterocycles. The molecule has 0 unspecified atom stereocenters. The Morgan fingerprint density at radius 1 is 1.38 bits per heavy atom. The molecule has 0 radical (unpaired) electrons. The van der Waals surface area contributed by atoms with Crippen LogP contribution in [0.15, 0.2) is 24.3 Å². The summed E-state index contributed by atoms with van der Waals surface area (Å²) < 4.78 is 12.8. The first-order valence-electron chi connectivity index (χ1n) is 6.94. The lowest BCUT2D eigenvalue weighted by molar-refractivity contribution is -0.143. The molecule has 0 spiro atoms. The van der Waals surface area contributed by atoms with Gasteiger partial charge in [0.1, 0.15) is 5.82 Å². The molecule has 1 atom stereocenters. The van der Waals surface area contributed by atoms with E-state index in [1.165, 1.54) is 17.0 Å². The summed E-state index contributed by atoms with van der Waals surface area (Å²) in [4.78, 5) is 26.5. The summed E-state index contributed by atoms with van der Waals surface area (Å²) in [7, 11) is 1.66. The Labute approximate surface area is 123 Å². The van der Waals surface area contributed by atoms with Crippen LogP contribution in [0.1, 0.15) is 18.4 Å². The van der Waals surface area contributed by atoms with Crippen molar-refractivity contribution in [3.8, 4) is 0 Å². The number of benzene rings is 1. The van der Waals surface area contributed by atoms with Crippen molar-refractivity contribution in [2.24, 2.45) is 5.92 Å². The fraction of sp³-hybridized carbons (Fsp3) is 0.467. The number of halogens is 1. The summed E-state index contributed by atoms with van der Waals surface area (Å²) in [6.07, 6.45) is 1.31. The van der Waals surface area contributed by atoms with E-state index in [-0.39, 0.29) is 18.4 Å². The van der Waals surface area contributed by atoms with Gasteiger partial charge in [-0.2, -0.15) is 0 Å². The van der Waals surface area contributed by atoms with Crippen LogP contribution in [0.4, 0.5) is 9.18 Å². The van der Waals surface area contributed by atoms with Crippen molar-refractivity contribution in [3.63, 3.8) is 0 Å². The molecule has 1 aromatic carbocycles. The minimum Gasteiger partial charge on any atom is -0.481 e. The van der Waals surface area contributed by atoms with Gasteiger partial charge in [0.05, 0.1) is 5.92 Å². The second-order valence-electron chi connectivity index (χ2n) is 5.39. The molecule has 1 fully saturated rings. The third-order valence-electron chi connectivity index (χ3n) is 3.70. The first-order chi connectivity index (χ1) is 9.97. The quantitative estimate of drug-likeness (QED) is 0.929. The third-order valence-corrected chi connectivity index (χ3v) is 3.70. The van der Waals surface area contributed by atoms with Gasteiger partial charge in [0, 0.05) is 26.7 Å². The molecule has 2 amide bonds. The zero-order chi connectivity index (χ0) is 15.4. The monoisotopic (exact) mass is 294 g/mol. The molecule has 21 heavy (non-hydrogen) atoms. The summed E-state index contributed by atoms with van der Waals surface area (Å²) in [5.74, 6) is -1.65. The molecule has 1 N–H and O–H groups in total. The van der Waals surface area contributed by atoms with Crippen LogP contribution in [0.5, 0.6) is 0 Å². The average Bonchev–Trinajstić information content (AvgIpc) is 2.49. The summed E-state index contributed by atoms with van der Waals surface area (Å²) in [6.45, 7) is 1.20. The van der Waals surface area contributed by atoms with Crippen molar-refractivity contribution in [3.05, 3.63) is 35.6 Å². The minimum absolute atomic E-state index is 0.190. The Balaban J connectivity index is 1.95. The fourth-order valence-corrected chi connectivity index (χ4v) is 2.53. The van der Waals surface area contributed by atoms with Crippen molar-refractivity contribution in [1.82, 2.24) is 9.80 Å². The van der Waals surface area contributed by atoms with E-state index in [2.05, 4.69) is 0 Å². The Morgan fingerprint density at radius 3 is 2.67 bits per heavy atom. The second kappa shape index (κ2) is 6.56. The van der Waals surface area contributed by atoms with E-state index in [4.69, 9.17) is 5.11 Å². The van der Waals surface area contributed by atoms with E-state index < -0.39 is 11.9 Å². The highest BCUT2D eigenvalue weighted by Gasteiger charge is 2.29. The van der Waals surface area contributed by atoms with Crippen LogP contribution >= 0.6 is 0 Å². The Morgan fingerprint density at radius 2 is 2.05 bits per heavy atom. The van der Waals surface area contributed by atoms with Crippen LogP contribution in [0.25, 0.3) is 0 Å². The van der Waals surface area contributed by atoms with Crippen LogP contribution in [0.3, 0.4) is 0 Å². The first kappa shape index (κ1) is 15.3. The summed E-state index contributed by atoms with van der Waals surface area (Å²) in [5.41, 5.74) is 0.832. The molecule has 0 aromatic heterocycles. The van der Waals surface area contributed by atoms with E-state index >= 15 is 0 Å². The van der Waals surface area contributed by atoms with Crippen molar-refractivity contribution >= 4 is 12.0 Å². The lowest BCUT2D eigenvalue weighted by Gasteiger charge is -2.33. The van der Waals surface area contributed by atoms with Gasteiger partial charge in [-0.05, 0) is 30.5 Å². The van der Waals surface area contributed by atoms with Crippen molar-refractivity contribution in [1.29, 1.82) is 0 Å². The van der Waals surface area contributed by atoms with Crippen LogP contribution in [-0.4, -0.2) is 47.0 Å². The number of aliphatic carboxylic acids is 1. The number of carbonyl (C=O) groups excluding carboxylic acids is 1. The van der Waals surface area contributed by atoms with Crippen molar-refractivity contribution in [2.75, 3.05) is 20.1 Å². The Hall–Kier alpha value is -2.11. The number of amides is 2. The molecule has 1 heterocycles. The highest BCUT2D eigenvalue weighted by atomic mass is 19.1. The van der Waals surface area contributed by atoms with E-state index in [1.54, 1.807) is 24.1 Å². The van der Waals surface area contributed by atoms with Gasteiger partial charge in [-0.3, -0.25) is 4.79 Å². The number of carboxylic acid groups (broad SMARTS) is 1. The predicted octanol–water partition coefficient (Wildman–Crippen LogP) is 2.17. The van der Waals surface area contributed by atoms with Crippen LogP contribution < -0.4 is 0 Å². The van der Waals surface area contributed by atoms with E-state index in [0.29, 0.717) is 25.9 Å². The number of nitrogens with zero attached hydrogens (tertiary/aromatic N) is 2. The second-order valence-corrected chi connectivity index (χ2v) is 5.39. The highest BCUT2D eigenvalue weighted by Crippen LogP contribution is 2.18. The number of piperidine rings is 1. The number of hydrogen-bond acceptors (Lipinski definition) is 2. The smallest absolute Gasteiger partial charge is 0.320 e.